The number of rotatable bonds is 8. The summed E-state index contributed by atoms with van der Waals surface area (Å²) in [6.07, 6.45) is 9.30. The number of carbonyl (C=O) groups is 1. The van der Waals surface area contributed by atoms with Crippen molar-refractivity contribution in [3.8, 4) is 0 Å². The second-order valence-corrected chi connectivity index (χ2v) is 7.39. The molecule has 2 aromatic rings. The summed E-state index contributed by atoms with van der Waals surface area (Å²) in [7, 11) is 0. The van der Waals surface area contributed by atoms with E-state index in [1.54, 1.807) is 0 Å². The van der Waals surface area contributed by atoms with Crippen LogP contribution < -0.4 is 5.32 Å². The number of nitrogens with one attached hydrogen (secondary N) is 1. The Balaban J connectivity index is 1.70. The van der Waals surface area contributed by atoms with Gasteiger partial charge in [0.15, 0.2) is 0 Å². The molecule has 0 bridgehead atoms. The first-order chi connectivity index (χ1) is 12.7. The highest BCUT2D eigenvalue weighted by molar-refractivity contribution is 5.79. The monoisotopic (exact) mass is 353 g/mol. The number of aromatic nitrogens is 2. The Bertz CT molecular complexity index is 707. The molecule has 140 valence electrons. The summed E-state index contributed by atoms with van der Waals surface area (Å²) in [5, 5.41) is 7.95. The van der Waals surface area contributed by atoms with E-state index in [4.69, 9.17) is 0 Å². The normalized spacial score (nSPS) is 17.5. The standard InChI is InChI=1S/C22H31N3O/c1-3-5-12-18(4-2)22(26)24-20-13-9-14-21-19(20)15-23-25(21)16-17-10-7-6-8-11-17/h6-8,10-11,15,18,20H,3-5,9,12-14,16H2,1-2H3,(H,24,26). The molecule has 1 aromatic heterocycles. The summed E-state index contributed by atoms with van der Waals surface area (Å²) in [6.45, 7) is 5.09. The van der Waals surface area contributed by atoms with Crippen LogP contribution in [0.25, 0.3) is 0 Å². The Morgan fingerprint density at radius 2 is 2.12 bits per heavy atom. The van der Waals surface area contributed by atoms with Crippen LogP contribution >= 0.6 is 0 Å². The van der Waals surface area contributed by atoms with Crippen molar-refractivity contribution < 1.29 is 4.79 Å². The average Bonchev–Trinajstić information content (AvgIpc) is 3.07. The molecule has 0 saturated heterocycles. The van der Waals surface area contributed by atoms with Crippen molar-refractivity contribution in [1.82, 2.24) is 15.1 Å². The molecule has 1 aromatic carbocycles. The molecular weight excluding hydrogens is 322 g/mol. The van der Waals surface area contributed by atoms with Crippen molar-refractivity contribution in [2.45, 2.75) is 71.4 Å². The Hall–Kier alpha value is -2.10. The molecule has 1 aliphatic carbocycles. The molecule has 4 heteroatoms. The van der Waals surface area contributed by atoms with Gasteiger partial charge in [-0.3, -0.25) is 9.48 Å². The number of benzene rings is 1. The van der Waals surface area contributed by atoms with Gasteiger partial charge in [0.1, 0.15) is 0 Å². The smallest absolute Gasteiger partial charge is 0.223 e. The third-order valence-corrected chi connectivity index (χ3v) is 5.52. The molecule has 1 N–H and O–H groups in total. The van der Waals surface area contributed by atoms with Gasteiger partial charge in [0.05, 0.1) is 18.8 Å². The zero-order chi connectivity index (χ0) is 18.4. The number of hydrogen-bond acceptors (Lipinski definition) is 2. The Morgan fingerprint density at radius 1 is 1.31 bits per heavy atom. The largest absolute Gasteiger partial charge is 0.349 e. The molecular formula is C22H31N3O. The summed E-state index contributed by atoms with van der Waals surface area (Å²) in [5.74, 6) is 0.356. The number of hydrogen-bond donors (Lipinski definition) is 1. The van der Waals surface area contributed by atoms with E-state index >= 15 is 0 Å². The predicted octanol–water partition coefficient (Wildman–Crippen LogP) is 4.64. The number of unbranched alkanes of at least 4 members (excludes halogenated alkanes) is 1. The van der Waals surface area contributed by atoms with Gasteiger partial charge in [-0.05, 0) is 37.7 Å². The van der Waals surface area contributed by atoms with Gasteiger partial charge in [0, 0.05) is 17.2 Å². The highest BCUT2D eigenvalue weighted by Gasteiger charge is 2.27. The SMILES string of the molecule is CCCCC(CC)C(=O)NC1CCCc2c1cnn2Cc1ccccc1. The lowest BCUT2D eigenvalue weighted by molar-refractivity contribution is -0.126. The quantitative estimate of drug-likeness (QED) is 0.751. The average molecular weight is 354 g/mol. The van der Waals surface area contributed by atoms with E-state index in [0.717, 1.165) is 51.5 Å². The first-order valence-electron chi connectivity index (χ1n) is 10.1. The zero-order valence-corrected chi connectivity index (χ0v) is 16.1. The van der Waals surface area contributed by atoms with Crippen LogP contribution in [0.3, 0.4) is 0 Å². The summed E-state index contributed by atoms with van der Waals surface area (Å²) >= 11 is 0. The van der Waals surface area contributed by atoms with Gasteiger partial charge in [-0.1, -0.05) is 57.0 Å². The van der Waals surface area contributed by atoms with Gasteiger partial charge >= 0.3 is 0 Å². The van der Waals surface area contributed by atoms with Crippen molar-refractivity contribution in [3.63, 3.8) is 0 Å². The number of amides is 1. The van der Waals surface area contributed by atoms with Crippen molar-refractivity contribution in [1.29, 1.82) is 0 Å². The summed E-state index contributed by atoms with van der Waals surface area (Å²) < 4.78 is 2.11. The van der Waals surface area contributed by atoms with Crippen LogP contribution in [0, 0.1) is 5.92 Å². The Labute approximate surface area is 157 Å². The fourth-order valence-electron chi connectivity index (χ4n) is 3.92. The van der Waals surface area contributed by atoms with Gasteiger partial charge in [0.25, 0.3) is 0 Å². The number of carbonyl (C=O) groups excluding carboxylic acids is 1. The number of fused-ring (bicyclic) bond motifs is 1. The molecule has 2 atom stereocenters. The van der Waals surface area contributed by atoms with Gasteiger partial charge in [-0.15, -0.1) is 0 Å². The van der Waals surface area contributed by atoms with Crippen molar-refractivity contribution in [3.05, 3.63) is 53.3 Å². The maximum atomic E-state index is 12.7. The maximum Gasteiger partial charge on any atom is 0.223 e. The molecule has 1 heterocycles. The first-order valence-corrected chi connectivity index (χ1v) is 10.1. The van der Waals surface area contributed by atoms with Crippen LogP contribution in [0.1, 0.15) is 75.2 Å². The van der Waals surface area contributed by atoms with Crippen molar-refractivity contribution in [2.75, 3.05) is 0 Å². The summed E-state index contributed by atoms with van der Waals surface area (Å²) in [6, 6.07) is 10.6. The molecule has 0 spiro atoms. The van der Waals surface area contributed by atoms with Crippen LogP contribution in [-0.4, -0.2) is 15.7 Å². The van der Waals surface area contributed by atoms with Gasteiger partial charge < -0.3 is 5.32 Å². The first kappa shape index (κ1) is 18.7. The molecule has 2 unspecified atom stereocenters. The predicted molar refractivity (Wildman–Crippen MR) is 105 cm³/mol. The van der Waals surface area contributed by atoms with Gasteiger partial charge in [-0.25, -0.2) is 0 Å². The third-order valence-electron chi connectivity index (χ3n) is 5.52. The lowest BCUT2D eigenvalue weighted by Crippen LogP contribution is -2.35. The summed E-state index contributed by atoms with van der Waals surface area (Å²) in [4.78, 5) is 12.7. The van der Waals surface area contributed by atoms with Crippen molar-refractivity contribution >= 4 is 5.91 Å². The molecule has 1 aliphatic rings. The molecule has 0 radical (unpaired) electrons. The molecule has 4 nitrogen and oxygen atoms in total. The second kappa shape index (κ2) is 9.02. The summed E-state index contributed by atoms with van der Waals surface area (Å²) in [5.41, 5.74) is 3.76. The Morgan fingerprint density at radius 3 is 2.85 bits per heavy atom. The molecule has 0 fully saturated rings. The van der Waals surface area contributed by atoms with E-state index in [0.29, 0.717) is 0 Å². The van der Waals surface area contributed by atoms with Crippen LogP contribution in [-0.2, 0) is 17.8 Å². The minimum absolute atomic E-state index is 0.117. The minimum atomic E-state index is 0.117. The van der Waals surface area contributed by atoms with E-state index in [9.17, 15) is 4.79 Å². The topological polar surface area (TPSA) is 46.9 Å². The van der Waals surface area contributed by atoms with E-state index in [-0.39, 0.29) is 17.9 Å². The van der Waals surface area contributed by atoms with E-state index in [1.807, 2.05) is 12.3 Å². The van der Waals surface area contributed by atoms with Crippen molar-refractivity contribution in [2.24, 2.45) is 5.92 Å². The fourth-order valence-corrected chi connectivity index (χ4v) is 3.92. The zero-order valence-electron chi connectivity index (χ0n) is 16.1. The third kappa shape index (κ3) is 4.35. The minimum Gasteiger partial charge on any atom is -0.349 e. The molecule has 3 rings (SSSR count). The lowest BCUT2D eigenvalue weighted by Gasteiger charge is -2.26. The van der Waals surface area contributed by atoms with Crippen LogP contribution in [0.5, 0.6) is 0 Å². The van der Waals surface area contributed by atoms with Crippen LogP contribution in [0.15, 0.2) is 36.5 Å². The molecule has 1 amide bonds. The van der Waals surface area contributed by atoms with E-state index < -0.39 is 0 Å². The van der Waals surface area contributed by atoms with E-state index in [1.165, 1.54) is 16.8 Å². The molecule has 0 saturated carbocycles. The number of nitrogens with zero attached hydrogens (tertiary/aromatic N) is 2. The highest BCUT2D eigenvalue weighted by Crippen LogP contribution is 2.30. The highest BCUT2D eigenvalue weighted by atomic mass is 16.1. The maximum absolute atomic E-state index is 12.7. The Kier molecular flexibility index (Phi) is 6.48. The van der Waals surface area contributed by atoms with Crippen LogP contribution in [0.4, 0.5) is 0 Å². The van der Waals surface area contributed by atoms with E-state index in [2.05, 4.69) is 53.2 Å². The van der Waals surface area contributed by atoms with Crippen LogP contribution in [0.2, 0.25) is 0 Å². The van der Waals surface area contributed by atoms with Gasteiger partial charge in [-0.2, -0.15) is 5.10 Å². The molecule has 0 aliphatic heterocycles. The van der Waals surface area contributed by atoms with Gasteiger partial charge in [0.2, 0.25) is 5.91 Å². The lowest BCUT2D eigenvalue weighted by atomic mass is 9.91. The fraction of sp³-hybridized carbons (Fsp3) is 0.545. The molecule has 26 heavy (non-hydrogen) atoms. The second-order valence-electron chi connectivity index (χ2n) is 7.39.